The molecule has 0 spiro atoms. The van der Waals surface area contributed by atoms with Gasteiger partial charge in [0.25, 0.3) is 0 Å². The maximum absolute atomic E-state index is 3.59. The van der Waals surface area contributed by atoms with Crippen molar-refractivity contribution in [3.8, 4) is 0 Å². The van der Waals surface area contributed by atoms with E-state index in [0.717, 1.165) is 0 Å². The van der Waals surface area contributed by atoms with Gasteiger partial charge in [-0.3, -0.25) is 0 Å². The van der Waals surface area contributed by atoms with Gasteiger partial charge in [0.2, 0.25) is 0 Å². The van der Waals surface area contributed by atoms with Gasteiger partial charge in [-0.15, -0.1) is 0 Å². The first kappa shape index (κ1) is 11.4. The second-order valence-electron chi connectivity index (χ2n) is 2.01. The molecule has 0 atom stereocenters. The van der Waals surface area contributed by atoms with E-state index < -0.39 is 0 Å². The molecule has 0 radical (unpaired) electrons. The minimum Gasteiger partial charge on any atom is -0.0991 e. The number of benzene rings is 1. The zero-order chi connectivity index (χ0) is 9.23. The Labute approximate surface area is 88.1 Å². The van der Waals surface area contributed by atoms with E-state index in [-0.39, 0.29) is 0 Å². The highest BCUT2D eigenvalue weighted by Crippen LogP contribution is 1.99. The number of halogens is 1. The molecule has 0 aliphatic heterocycles. The largest absolute Gasteiger partial charge is 0.0991 e. The molecule has 0 nitrogen and oxygen atoms in total. The topological polar surface area (TPSA) is 0 Å². The van der Waals surface area contributed by atoms with E-state index in [9.17, 15) is 0 Å². The maximum Gasteiger partial charge on any atom is -0.0121 e. The molecule has 0 fully saturated rings. The summed E-state index contributed by atoms with van der Waals surface area (Å²) < 4.78 is 0. The fourth-order valence-electron chi connectivity index (χ4n) is 0.743. The Hall–Kier alpha value is -0.570. The molecule has 0 heterocycles. The normalized spacial score (nSPS) is 8.83. The number of rotatable bonds is 2. The van der Waals surface area contributed by atoms with Crippen LogP contribution in [0.25, 0.3) is 6.08 Å². The summed E-state index contributed by atoms with van der Waals surface area (Å²) >= 11 is 2.15. The number of alkyl halides is 1. The molecule has 64 valence electrons. The number of allylic oxidation sites excluding steroid dienone is 2. The number of hydrogen-bond donors (Lipinski definition) is 0. The fourth-order valence-corrected chi connectivity index (χ4v) is 0.743. The molecule has 0 amide bonds. The Kier molecular flexibility index (Phi) is 8.12. The first-order valence-corrected chi connectivity index (χ1v) is 5.81. The molecule has 0 bridgehead atoms. The summed E-state index contributed by atoms with van der Waals surface area (Å²) in [5.41, 5.74) is 1.21. The van der Waals surface area contributed by atoms with Crippen LogP contribution in [0.4, 0.5) is 0 Å². The van der Waals surface area contributed by atoms with Gasteiger partial charge in [0.1, 0.15) is 0 Å². The minimum atomic E-state index is 1.21. The van der Waals surface area contributed by atoms with Crippen LogP contribution >= 0.6 is 22.6 Å². The SMILES string of the molecule is C=C/C=C/c1ccccc1.CI. The minimum absolute atomic E-state index is 1.21. The predicted molar refractivity (Wildman–Crippen MR) is 65.6 cm³/mol. The quantitative estimate of drug-likeness (QED) is 0.434. The van der Waals surface area contributed by atoms with Gasteiger partial charge in [-0.05, 0) is 10.5 Å². The first-order valence-electron chi connectivity index (χ1n) is 3.65. The Morgan fingerprint density at radius 3 is 2.25 bits per heavy atom. The molecule has 1 heteroatoms. The van der Waals surface area contributed by atoms with E-state index in [1.54, 1.807) is 6.08 Å². The molecule has 0 N–H and O–H groups in total. The van der Waals surface area contributed by atoms with Crippen LogP contribution in [0.2, 0.25) is 0 Å². The Balaban J connectivity index is 0.000000561. The van der Waals surface area contributed by atoms with Crippen LogP contribution in [0, 0.1) is 0 Å². The zero-order valence-electron chi connectivity index (χ0n) is 7.20. The summed E-state index contributed by atoms with van der Waals surface area (Å²) in [5.74, 6) is 0. The van der Waals surface area contributed by atoms with Crippen molar-refractivity contribution >= 4 is 28.7 Å². The van der Waals surface area contributed by atoms with Gasteiger partial charge < -0.3 is 0 Å². The van der Waals surface area contributed by atoms with Crippen molar-refractivity contribution in [2.24, 2.45) is 0 Å². The third kappa shape index (κ3) is 5.13. The van der Waals surface area contributed by atoms with Crippen LogP contribution in [0.5, 0.6) is 0 Å². The molecule has 12 heavy (non-hydrogen) atoms. The summed E-state index contributed by atoms with van der Waals surface area (Å²) in [7, 11) is 0. The van der Waals surface area contributed by atoms with Crippen molar-refractivity contribution in [2.45, 2.75) is 0 Å². The van der Waals surface area contributed by atoms with Crippen molar-refractivity contribution in [1.82, 2.24) is 0 Å². The van der Waals surface area contributed by atoms with Crippen LogP contribution in [-0.4, -0.2) is 4.93 Å². The lowest BCUT2D eigenvalue weighted by atomic mass is 10.2. The Morgan fingerprint density at radius 2 is 1.75 bits per heavy atom. The van der Waals surface area contributed by atoms with Crippen LogP contribution < -0.4 is 0 Å². The van der Waals surface area contributed by atoms with Crippen molar-refractivity contribution in [3.63, 3.8) is 0 Å². The van der Waals surface area contributed by atoms with Gasteiger partial charge in [-0.2, -0.15) is 0 Å². The second kappa shape index (κ2) is 8.53. The summed E-state index contributed by atoms with van der Waals surface area (Å²) in [4.78, 5) is 1.97. The molecule has 1 aromatic carbocycles. The molecule has 1 rings (SSSR count). The standard InChI is InChI=1S/C10H10.CH3I/c1-2-3-7-10-8-5-4-6-9-10;1-2/h2-9H,1H2;1H3/b7-3+;. The van der Waals surface area contributed by atoms with Gasteiger partial charge in [0.15, 0.2) is 0 Å². The fraction of sp³-hybridized carbons (Fsp3) is 0.0909. The van der Waals surface area contributed by atoms with Crippen LogP contribution in [-0.2, 0) is 0 Å². The van der Waals surface area contributed by atoms with Gasteiger partial charge in [-0.1, -0.05) is 77.7 Å². The monoisotopic (exact) mass is 272 g/mol. The number of hydrogen-bond acceptors (Lipinski definition) is 0. The lowest BCUT2D eigenvalue weighted by molar-refractivity contribution is 1.66. The lowest BCUT2D eigenvalue weighted by Crippen LogP contribution is -1.65. The maximum atomic E-state index is 3.59. The van der Waals surface area contributed by atoms with Crippen molar-refractivity contribution in [2.75, 3.05) is 4.93 Å². The Bertz CT molecular complexity index is 224. The van der Waals surface area contributed by atoms with E-state index in [2.05, 4.69) is 41.3 Å². The third-order valence-electron chi connectivity index (χ3n) is 1.22. The molecule has 0 aliphatic carbocycles. The molecule has 0 aliphatic rings. The molecule has 0 saturated heterocycles. The predicted octanol–water partition coefficient (Wildman–Crippen LogP) is 3.94. The van der Waals surface area contributed by atoms with E-state index in [4.69, 9.17) is 0 Å². The second-order valence-corrected chi connectivity index (χ2v) is 2.01. The summed E-state index contributed by atoms with van der Waals surface area (Å²) in [6.45, 7) is 3.59. The van der Waals surface area contributed by atoms with E-state index >= 15 is 0 Å². The van der Waals surface area contributed by atoms with Crippen molar-refractivity contribution < 1.29 is 0 Å². The van der Waals surface area contributed by atoms with Crippen molar-refractivity contribution in [3.05, 3.63) is 54.6 Å². The van der Waals surface area contributed by atoms with E-state index in [1.165, 1.54) is 5.56 Å². The molecule has 0 aromatic heterocycles. The van der Waals surface area contributed by atoms with Crippen LogP contribution in [0.3, 0.4) is 0 Å². The van der Waals surface area contributed by atoms with E-state index in [0.29, 0.717) is 0 Å². The van der Waals surface area contributed by atoms with Gasteiger partial charge in [0.05, 0.1) is 0 Å². The highest BCUT2D eigenvalue weighted by atomic mass is 127. The molecule has 0 saturated carbocycles. The zero-order valence-corrected chi connectivity index (χ0v) is 9.36. The summed E-state index contributed by atoms with van der Waals surface area (Å²) in [6, 6.07) is 10.1. The van der Waals surface area contributed by atoms with Gasteiger partial charge in [-0.25, -0.2) is 0 Å². The molecule has 0 unspecified atom stereocenters. The van der Waals surface area contributed by atoms with Gasteiger partial charge in [0, 0.05) is 0 Å². The van der Waals surface area contributed by atoms with E-state index in [1.807, 2.05) is 35.3 Å². The highest BCUT2D eigenvalue weighted by Gasteiger charge is 1.78. The third-order valence-corrected chi connectivity index (χ3v) is 1.22. The van der Waals surface area contributed by atoms with Gasteiger partial charge >= 0.3 is 0 Å². The summed E-state index contributed by atoms with van der Waals surface area (Å²) in [6.07, 6.45) is 5.72. The molecular weight excluding hydrogens is 259 g/mol. The van der Waals surface area contributed by atoms with Crippen LogP contribution in [0.15, 0.2) is 49.1 Å². The summed E-state index contributed by atoms with van der Waals surface area (Å²) in [5, 5.41) is 0. The average Bonchev–Trinajstić information content (AvgIpc) is 2.19. The average molecular weight is 272 g/mol. The Morgan fingerprint density at radius 1 is 1.17 bits per heavy atom. The smallest absolute Gasteiger partial charge is 0.0121 e. The highest BCUT2D eigenvalue weighted by molar-refractivity contribution is 14.1. The lowest BCUT2D eigenvalue weighted by Gasteiger charge is -1.87. The first-order chi connectivity index (χ1) is 5.93. The van der Waals surface area contributed by atoms with Crippen LogP contribution in [0.1, 0.15) is 5.56 Å². The molecule has 1 aromatic rings. The van der Waals surface area contributed by atoms with Crippen molar-refractivity contribution in [1.29, 1.82) is 0 Å². The molecular formula is C11H13I.